The van der Waals surface area contributed by atoms with Gasteiger partial charge in [-0.05, 0) is 57.0 Å². The maximum atomic E-state index is 12.2. The van der Waals surface area contributed by atoms with Gasteiger partial charge in [0.05, 0.1) is 6.54 Å². The Morgan fingerprint density at radius 1 is 1.28 bits per heavy atom. The third kappa shape index (κ3) is 3.94. The summed E-state index contributed by atoms with van der Waals surface area (Å²) in [6.07, 6.45) is 2.98. The van der Waals surface area contributed by atoms with Crippen molar-refractivity contribution in [1.82, 2.24) is 10.3 Å². The maximum Gasteiger partial charge on any atom is 0.220 e. The second-order valence-electron chi connectivity index (χ2n) is 6.82. The fraction of sp³-hybridized carbons (Fsp3) is 0.350. The summed E-state index contributed by atoms with van der Waals surface area (Å²) in [6, 6.07) is 9.77. The lowest BCUT2D eigenvalue weighted by atomic mass is 10.0. The van der Waals surface area contributed by atoms with E-state index < -0.39 is 5.60 Å². The molecule has 3 N–H and O–H groups in total. The van der Waals surface area contributed by atoms with Crippen LogP contribution >= 0.6 is 0 Å². The zero-order valence-corrected chi connectivity index (χ0v) is 14.8. The minimum absolute atomic E-state index is 0.0921. The van der Waals surface area contributed by atoms with Crippen LogP contribution in [0, 0.1) is 13.8 Å². The summed E-state index contributed by atoms with van der Waals surface area (Å²) < 4.78 is 5.45. The average Bonchev–Trinajstić information content (AvgIpc) is 3.17. The molecule has 0 saturated carbocycles. The Labute approximate surface area is 147 Å². The van der Waals surface area contributed by atoms with Crippen LogP contribution in [-0.2, 0) is 16.8 Å². The number of amides is 1. The minimum Gasteiger partial charge on any atom is -0.463 e. The van der Waals surface area contributed by atoms with Crippen molar-refractivity contribution >= 4 is 16.8 Å². The molecule has 3 rings (SSSR count). The molecule has 5 heteroatoms. The van der Waals surface area contributed by atoms with Crippen molar-refractivity contribution < 1.29 is 14.3 Å². The molecule has 0 bridgehead atoms. The van der Waals surface area contributed by atoms with Gasteiger partial charge >= 0.3 is 0 Å². The van der Waals surface area contributed by atoms with E-state index in [1.54, 1.807) is 19.1 Å². The fourth-order valence-corrected chi connectivity index (χ4v) is 2.92. The summed E-state index contributed by atoms with van der Waals surface area (Å²) in [6.45, 7) is 5.63. The second kappa shape index (κ2) is 6.76. The molecule has 2 heterocycles. The molecule has 1 amide bonds. The van der Waals surface area contributed by atoms with Crippen LogP contribution < -0.4 is 5.32 Å². The van der Waals surface area contributed by atoms with E-state index in [1.165, 1.54) is 5.56 Å². The van der Waals surface area contributed by atoms with Crippen LogP contribution in [-0.4, -0.2) is 22.5 Å². The lowest BCUT2D eigenvalue weighted by Gasteiger charge is -2.21. The molecule has 1 aromatic carbocycles. The number of rotatable bonds is 6. The van der Waals surface area contributed by atoms with Gasteiger partial charge in [0.2, 0.25) is 5.91 Å². The van der Waals surface area contributed by atoms with Crippen molar-refractivity contribution in [2.75, 3.05) is 6.54 Å². The van der Waals surface area contributed by atoms with Crippen molar-refractivity contribution in [2.24, 2.45) is 0 Å². The number of carbonyl (C=O) groups excluding carboxylic acids is 1. The number of aromatic amines is 1. The van der Waals surface area contributed by atoms with E-state index >= 15 is 0 Å². The van der Waals surface area contributed by atoms with E-state index in [0.717, 1.165) is 22.2 Å². The first kappa shape index (κ1) is 17.3. The van der Waals surface area contributed by atoms with Crippen LogP contribution in [0.15, 0.2) is 40.9 Å². The lowest BCUT2D eigenvalue weighted by molar-refractivity contribution is -0.122. The van der Waals surface area contributed by atoms with Gasteiger partial charge in [-0.3, -0.25) is 4.79 Å². The Kier molecular flexibility index (Phi) is 4.68. The molecule has 0 aliphatic carbocycles. The summed E-state index contributed by atoms with van der Waals surface area (Å²) >= 11 is 0. The van der Waals surface area contributed by atoms with Gasteiger partial charge in [0, 0.05) is 23.5 Å². The number of nitrogens with one attached hydrogen (secondary N) is 2. The number of aromatic nitrogens is 1. The first-order valence-corrected chi connectivity index (χ1v) is 8.48. The van der Waals surface area contributed by atoms with Crippen molar-refractivity contribution in [3.63, 3.8) is 0 Å². The highest BCUT2D eigenvalue weighted by molar-refractivity contribution is 5.84. The fourth-order valence-electron chi connectivity index (χ4n) is 2.92. The molecule has 0 aliphatic heterocycles. The van der Waals surface area contributed by atoms with E-state index in [1.807, 2.05) is 13.1 Å². The number of benzene rings is 1. The SMILES string of the molecule is Cc1ccc2[nH]cc(CCC(=O)NCC(C)(O)c3ccc(C)o3)c2c1. The van der Waals surface area contributed by atoms with Gasteiger partial charge in [-0.1, -0.05) is 11.6 Å². The maximum absolute atomic E-state index is 12.2. The summed E-state index contributed by atoms with van der Waals surface area (Å²) in [4.78, 5) is 15.4. The smallest absolute Gasteiger partial charge is 0.220 e. The number of fused-ring (bicyclic) bond motifs is 1. The van der Waals surface area contributed by atoms with Gasteiger partial charge < -0.3 is 19.8 Å². The van der Waals surface area contributed by atoms with Gasteiger partial charge in [-0.25, -0.2) is 0 Å². The topological polar surface area (TPSA) is 78.3 Å². The summed E-state index contributed by atoms with van der Waals surface area (Å²) in [7, 11) is 0. The van der Waals surface area contributed by atoms with Crippen molar-refractivity contribution in [3.8, 4) is 0 Å². The molecule has 0 spiro atoms. The van der Waals surface area contributed by atoms with Crippen LogP contribution in [0.4, 0.5) is 0 Å². The Balaban J connectivity index is 1.56. The molecule has 132 valence electrons. The molecule has 0 saturated heterocycles. The van der Waals surface area contributed by atoms with Crippen LogP contribution in [0.5, 0.6) is 0 Å². The first-order chi connectivity index (χ1) is 11.8. The molecule has 2 aromatic heterocycles. The minimum atomic E-state index is -1.22. The summed E-state index contributed by atoms with van der Waals surface area (Å²) in [5, 5.41) is 14.4. The summed E-state index contributed by atoms with van der Waals surface area (Å²) in [5.74, 6) is 1.10. The molecule has 0 radical (unpaired) electrons. The van der Waals surface area contributed by atoms with E-state index in [4.69, 9.17) is 4.42 Å². The highest BCUT2D eigenvalue weighted by Gasteiger charge is 2.27. The van der Waals surface area contributed by atoms with Crippen molar-refractivity contribution in [1.29, 1.82) is 0 Å². The predicted molar refractivity (Wildman–Crippen MR) is 97.4 cm³/mol. The summed E-state index contributed by atoms with van der Waals surface area (Å²) in [5.41, 5.74) is 2.18. The monoisotopic (exact) mass is 340 g/mol. The molecule has 1 unspecified atom stereocenters. The van der Waals surface area contributed by atoms with Gasteiger partial charge in [0.25, 0.3) is 0 Å². The number of hydrogen-bond donors (Lipinski definition) is 3. The number of hydrogen-bond acceptors (Lipinski definition) is 3. The first-order valence-electron chi connectivity index (χ1n) is 8.48. The average molecular weight is 340 g/mol. The van der Waals surface area contributed by atoms with Gasteiger partial charge in [0.15, 0.2) is 0 Å². The Morgan fingerprint density at radius 2 is 2.08 bits per heavy atom. The number of furan rings is 1. The molecule has 0 aliphatic rings. The standard InChI is InChI=1S/C20H24N2O3/c1-13-4-7-17-16(10-13)15(11-21-17)6-9-19(23)22-12-20(3,24)18-8-5-14(2)25-18/h4-5,7-8,10-11,21,24H,6,9,12H2,1-3H3,(H,22,23). The second-order valence-corrected chi connectivity index (χ2v) is 6.82. The third-order valence-corrected chi connectivity index (χ3v) is 4.45. The molecule has 0 fully saturated rings. The predicted octanol–water partition coefficient (Wildman–Crippen LogP) is 3.33. The molecule has 3 aromatic rings. The van der Waals surface area contributed by atoms with Crippen molar-refractivity contribution in [2.45, 2.75) is 39.2 Å². The van der Waals surface area contributed by atoms with E-state index in [2.05, 4.69) is 35.4 Å². The van der Waals surface area contributed by atoms with Crippen LogP contribution in [0.25, 0.3) is 10.9 Å². The molecule has 25 heavy (non-hydrogen) atoms. The third-order valence-electron chi connectivity index (χ3n) is 4.45. The number of H-pyrrole nitrogens is 1. The lowest BCUT2D eigenvalue weighted by Crippen LogP contribution is -2.38. The zero-order valence-electron chi connectivity index (χ0n) is 14.8. The normalized spacial score (nSPS) is 13.8. The van der Waals surface area contributed by atoms with E-state index in [0.29, 0.717) is 18.6 Å². The van der Waals surface area contributed by atoms with Gasteiger partial charge in [0.1, 0.15) is 17.1 Å². The van der Waals surface area contributed by atoms with Crippen molar-refractivity contribution in [3.05, 3.63) is 59.2 Å². The molecular formula is C20H24N2O3. The van der Waals surface area contributed by atoms with Gasteiger partial charge in [-0.2, -0.15) is 0 Å². The van der Waals surface area contributed by atoms with Gasteiger partial charge in [-0.15, -0.1) is 0 Å². The van der Waals surface area contributed by atoms with E-state index in [-0.39, 0.29) is 12.5 Å². The highest BCUT2D eigenvalue weighted by Crippen LogP contribution is 2.23. The molecular weight excluding hydrogens is 316 g/mol. The Bertz CT molecular complexity index is 889. The quantitative estimate of drug-likeness (QED) is 0.644. The number of aliphatic hydroxyl groups is 1. The number of carbonyl (C=O) groups is 1. The highest BCUT2D eigenvalue weighted by atomic mass is 16.4. The Hall–Kier alpha value is -2.53. The van der Waals surface area contributed by atoms with E-state index in [9.17, 15) is 9.90 Å². The largest absolute Gasteiger partial charge is 0.463 e. The molecule has 1 atom stereocenters. The molecule has 5 nitrogen and oxygen atoms in total. The Morgan fingerprint density at radius 3 is 2.80 bits per heavy atom. The van der Waals surface area contributed by atoms with Crippen LogP contribution in [0.3, 0.4) is 0 Å². The van der Waals surface area contributed by atoms with Crippen LogP contribution in [0.2, 0.25) is 0 Å². The zero-order chi connectivity index (χ0) is 18.0. The van der Waals surface area contributed by atoms with Crippen LogP contribution in [0.1, 0.15) is 36.0 Å². The number of aryl methyl sites for hydroxylation is 3.